The first-order chi connectivity index (χ1) is 18.2. The van der Waals surface area contributed by atoms with E-state index in [0.29, 0.717) is 12.1 Å². The number of benzene rings is 2. The molecule has 5 N–H and O–H groups in total. The second-order valence-electron chi connectivity index (χ2n) is 9.25. The van der Waals surface area contributed by atoms with Gasteiger partial charge in [-0.15, -0.1) is 0 Å². The third-order valence-electron chi connectivity index (χ3n) is 5.83. The van der Waals surface area contributed by atoms with Gasteiger partial charge in [-0.25, -0.2) is 4.98 Å². The van der Waals surface area contributed by atoms with Gasteiger partial charge in [0.05, 0.1) is 17.3 Å². The first-order valence-electron chi connectivity index (χ1n) is 12.4. The van der Waals surface area contributed by atoms with E-state index in [1.54, 1.807) is 20.0 Å². The molecule has 3 aromatic rings. The number of nitrogens with one attached hydrogen (secondary N) is 3. The molecule has 3 atom stereocenters. The maximum Gasteiger partial charge on any atom is 0.243 e. The number of nitrogens with two attached hydrogens (primary N) is 1. The Morgan fingerprint density at radius 3 is 1.95 bits per heavy atom. The minimum Gasteiger partial charge on any atom is -0.368 e. The Kier molecular flexibility index (Phi) is 10.7. The average molecular weight is 536 g/mol. The molecule has 3 unspecified atom stereocenters. The van der Waals surface area contributed by atoms with Crippen molar-refractivity contribution in [2.45, 2.75) is 50.4 Å². The second kappa shape index (κ2) is 14.1. The number of carbonyl (C=O) groups is 4. The molecular weight excluding hydrogens is 502 g/mol. The number of aromatic nitrogens is 2. The van der Waals surface area contributed by atoms with Crippen molar-refractivity contribution in [1.29, 1.82) is 0 Å². The average Bonchev–Trinajstić information content (AvgIpc) is 3.41. The summed E-state index contributed by atoms with van der Waals surface area (Å²) >= 11 is 0.969. The Morgan fingerprint density at radius 1 is 0.842 bits per heavy atom. The minimum atomic E-state index is -1.02. The summed E-state index contributed by atoms with van der Waals surface area (Å²) < 4.78 is 0. The van der Waals surface area contributed by atoms with Gasteiger partial charge in [0.15, 0.2) is 5.12 Å². The molecule has 0 aliphatic rings. The Hall–Kier alpha value is -3.92. The Morgan fingerprint density at radius 2 is 1.42 bits per heavy atom. The van der Waals surface area contributed by atoms with Crippen molar-refractivity contribution in [3.63, 3.8) is 0 Å². The normalized spacial score (nSPS) is 13.3. The number of hydrogen-bond donors (Lipinski definition) is 4. The van der Waals surface area contributed by atoms with E-state index in [1.165, 1.54) is 6.33 Å². The molecule has 10 heteroatoms. The smallest absolute Gasteiger partial charge is 0.243 e. The third-order valence-corrected chi connectivity index (χ3v) is 7.20. The van der Waals surface area contributed by atoms with Crippen LogP contribution in [0, 0.1) is 5.92 Å². The number of H-pyrrole nitrogens is 1. The fourth-order valence-corrected chi connectivity index (χ4v) is 4.73. The number of rotatable bonds is 13. The number of thioether (sulfide) groups is 1. The van der Waals surface area contributed by atoms with E-state index in [2.05, 4.69) is 20.6 Å². The fraction of sp³-hybridized carbons (Fsp3) is 0.321. The predicted molar refractivity (Wildman–Crippen MR) is 147 cm³/mol. The highest BCUT2D eigenvalue weighted by molar-refractivity contribution is 8.14. The van der Waals surface area contributed by atoms with Crippen LogP contribution in [0.3, 0.4) is 0 Å². The van der Waals surface area contributed by atoms with E-state index >= 15 is 0 Å². The van der Waals surface area contributed by atoms with E-state index < -0.39 is 35.1 Å². The van der Waals surface area contributed by atoms with E-state index in [-0.39, 0.29) is 23.9 Å². The van der Waals surface area contributed by atoms with E-state index in [1.807, 2.05) is 60.7 Å². The lowest BCUT2D eigenvalue weighted by Crippen LogP contribution is -2.55. The van der Waals surface area contributed by atoms with Gasteiger partial charge < -0.3 is 21.4 Å². The van der Waals surface area contributed by atoms with Crippen LogP contribution in [0.2, 0.25) is 0 Å². The van der Waals surface area contributed by atoms with Gasteiger partial charge in [-0.3, -0.25) is 19.2 Å². The molecule has 0 saturated carbocycles. The largest absolute Gasteiger partial charge is 0.368 e. The van der Waals surface area contributed by atoms with Crippen molar-refractivity contribution in [3.8, 4) is 0 Å². The summed E-state index contributed by atoms with van der Waals surface area (Å²) in [4.78, 5) is 58.5. The molecule has 2 aromatic carbocycles. The monoisotopic (exact) mass is 535 g/mol. The van der Waals surface area contributed by atoms with Gasteiger partial charge in [0.25, 0.3) is 0 Å². The van der Waals surface area contributed by atoms with E-state index in [4.69, 9.17) is 5.73 Å². The van der Waals surface area contributed by atoms with Crippen molar-refractivity contribution in [2.75, 3.05) is 0 Å². The quantitative estimate of drug-likeness (QED) is 0.264. The van der Waals surface area contributed by atoms with Crippen LogP contribution in [0.4, 0.5) is 0 Å². The van der Waals surface area contributed by atoms with Crippen LogP contribution >= 0.6 is 11.8 Å². The van der Waals surface area contributed by atoms with E-state index in [0.717, 1.165) is 22.9 Å². The number of carbonyl (C=O) groups excluding carboxylic acids is 4. The molecule has 0 fully saturated rings. The second-order valence-corrected chi connectivity index (χ2v) is 10.5. The molecule has 200 valence electrons. The lowest BCUT2D eigenvalue weighted by molar-refractivity contribution is -0.131. The number of imidazole rings is 1. The van der Waals surface area contributed by atoms with Crippen LogP contribution < -0.4 is 16.4 Å². The molecule has 3 amide bonds. The first-order valence-corrected chi connectivity index (χ1v) is 13.3. The van der Waals surface area contributed by atoms with Crippen LogP contribution in [0.1, 0.15) is 30.7 Å². The molecule has 0 spiro atoms. The van der Waals surface area contributed by atoms with E-state index in [9.17, 15) is 19.2 Å². The highest BCUT2D eigenvalue weighted by Gasteiger charge is 2.31. The Labute approximate surface area is 226 Å². The Balaban J connectivity index is 1.81. The van der Waals surface area contributed by atoms with Crippen molar-refractivity contribution < 1.29 is 19.2 Å². The summed E-state index contributed by atoms with van der Waals surface area (Å²) in [6, 6.07) is 16.6. The SMILES string of the molecule is CC(C)C(=O)SC(Cc1ccccc1)C(=O)NC(Cc1ccccc1)C(=O)NC(Cc1c[nH]cn1)C(N)=O. The molecule has 0 aliphatic heterocycles. The number of primary amides is 1. The summed E-state index contributed by atoms with van der Waals surface area (Å²) in [5.41, 5.74) is 7.83. The van der Waals surface area contributed by atoms with Crippen molar-refractivity contribution >= 4 is 34.6 Å². The van der Waals surface area contributed by atoms with Gasteiger partial charge in [0, 0.05) is 25.0 Å². The fourth-order valence-electron chi connectivity index (χ4n) is 3.72. The lowest BCUT2D eigenvalue weighted by Gasteiger charge is -2.24. The van der Waals surface area contributed by atoms with Crippen molar-refractivity contribution in [2.24, 2.45) is 11.7 Å². The van der Waals surface area contributed by atoms with Crippen molar-refractivity contribution in [1.82, 2.24) is 20.6 Å². The Bertz CT molecular complexity index is 1200. The zero-order chi connectivity index (χ0) is 27.5. The molecule has 1 heterocycles. The van der Waals surface area contributed by atoms with Crippen LogP contribution in [0.25, 0.3) is 0 Å². The number of amides is 3. The number of nitrogens with zero attached hydrogens (tertiary/aromatic N) is 1. The van der Waals surface area contributed by atoms with Gasteiger partial charge >= 0.3 is 0 Å². The van der Waals surface area contributed by atoms with Crippen LogP contribution in [-0.2, 0) is 38.4 Å². The summed E-state index contributed by atoms with van der Waals surface area (Å²) in [5.74, 6) is -1.97. The molecule has 0 radical (unpaired) electrons. The molecule has 0 saturated heterocycles. The lowest BCUT2D eigenvalue weighted by atomic mass is 10.0. The third kappa shape index (κ3) is 8.88. The molecule has 9 nitrogen and oxygen atoms in total. The number of hydrogen-bond acceptors (Lipinski definition) is 6. The summed E-state index contributed by atoms with van der Waals surface area (Å²) in [6.07, 6.45) is 3.69. The van der Waals surface area contributed by atoms with Gasteiger partial charge in [0.1, 0.15) is 12.1 Å². The molecule has 3 rings (SSSR count). The first kappa shape index (κ1) is 28.6. The van der Waals surface area contributed by atoms with Crippen LogP contribution in [-0.4, -0.2) is 50.1 Å². The molecule has 0 bridgehead atoms. The summed E-state index contributed by atoms with van der Waals surface area (Å²) in [6.45, 7) is 3.56. The summed E-state index contributed by atoms with van der Waals surface area (Å²) in [7, 11) is 0. The molecule has 38 heavy (non-hydrogen) atoms. The zero-order valence-corrected chi connectivity index (χ0v) is 22.2. The highest BCUT2D eigenvalue weighted by Crippen LogP contribution is 2.22. The van der Waals surface area contributed by atoms with Gasteiger partial charge in [-0.1, -0.05) is 86.3 Å². The topological polar surface area (TPSA) is 147 Å². The van der Waals surface area contributed by atoms with Gasteiger partial charge in [-0.05, 0) is 17.5 Å². The maximum absolute atomic E-state index is 13.5. The molecule has 1 aromatic heterocycles. The minimum absolute atomic E-state index is 0.103. The highest BCUT2D eigenvalue weighted by atomic mass is 32.2. The van der Waals surface area contributed by atoms with Gasteiger partial charge in [-0.2, -0.15) is 0 Å². The summed E-state index contributed by atoms with van der Waals surface area (Å²) in [5, 5.41) is 4.65. The number of aromatic amines is 1. The van der Waals surface area contributed by atoms with Gasteiger partial charge in [0.2, 0.25) is 17.7 Å². The zero-order valence-electron chi connectivity index (χ0n) is 21.4. The van der Waals surface area contributed by atoms with Crippen molar-refractivity contribution in [3.05, 3.63) is 90.0 Å². The standard InChI is InChI=1S/C28H33N5O4S/c1-18(2)28(37)38-24(14-20-11-7-4-8-12-20)27(36)33-23(13-19-9-5-3-6-10-19)26(35)32-22(25(29)34)15-21-16-30-17-31-21/h3-12,16-18,22-24H,13-15H2,1-2H3,(H2,29,34)(H,30,31)(H,32,35)(H,33,36). The molecule has 0 aliphatic carbocycles. The molecular formula is C28H33N5O4S. The maximum atomic E-state index is 13.5. The predicted octanol–water partition coefficient (Wildman–Crippen LogP) is 2.18. The van der Waals surface area contributed by atoms with Crippen LogP contribution in [0.5, 0.6) is 0 Å². The van der Waals surface area contributed by atoms with Crippen LogP contribution in [0.15, 0.2) is 73.2 Å².